The van der Waals surface area contributed by atoms with Crippen molar-refractivity contribution < 1.29 is 9.84 Å². The van der Waals surface area contributed by atoms with Crippen LogP contribution < -0.4 is 4.90 Å². The standard InChI is InChI=1S/C12H18N2O2/c1-9-5-10(7-15)6-13-12(9)14(2)11-3-4-16-8-11/h5-6,11,15H,3-4,7-8H2,1-2H3. The van der Waals surface area contributed by atoms with Crippen LogP contribution in [0.3, 0.4) is 0 Å². The Labute approximate surface area is 95.9 Å². The molecule has 0 aromatic carbocycles. The maximum Gasteiger partial charge on any atom is 0.131 e. The predicted octanol–water partition coefficient (Wildman–Crippen LogP) is 1.11. The van der Waals surface area contributed by atoms with Crippen LogP contribution in [0.2, 0.25) is 0 Å². The third kappa shape index (κ3) is 2.18. The first-order valence-electron chi connectivity index (χ1n) is 5.59. The summed E-state index contributed by atoms with van der Waals surface area (Å²) in [4.78, 5) is 6.57. The first-order chi connectivity index (χ1) is 7.72. The minimum absolute atomic E-state index is 0.0460. The SMILES string of the molecule is Cc1cc(CO)cnc1N(C)C1CCOC1. The van der Waals surface area contributed by atoms with E-state index in [1.54, 1.807) is 6.20 Å². The van der Waals surface area contributed by atoms with Crippen LogP contribution >= 0.6 is 0 Å². The van der Waals surface area contributed by atoms with E-state index in [2.05, 4.69) is 9.88 Å². The molecule has 1 aromatic rings. The Morgan fingerprint density at radius 2 is 2.44 bits per heavy atom. The van der Waals surface area contributed by atoms with E-state index in [4.69, 9.17) is 9.84 Å². The molecule has 1 unspecified atom stereocenters. The van der Waals surface area contributed by atoms with E-state index < -0.39 is 0 Å². The Kier molecular flexibility index (Phi) is 3.41. The van der Waals surface area contributed by atoms with Crippen molar-refractivity contribution in [1.82, 2.24) is 4.98 Å². The summed E-state index contributed by atoms with van der Waals surface area (Å²) >= 11 is 0. The van der Waals surface area contributed by atoms with E-state index in [0.29, 0.717) is 6.04 Å². The fourth-order valence-electron chi connectivity index (χ4n) is 2.08. The molecule has 2 rings (SSSR count). The van der Waals surface area contributed by atoms with Gasteiger partial charge in [-0.15, -0.1) is 0 Å². The highest BCUT2D eigenvalue weighted by Gasteiger charge is 2.22. The molecule has 0 amide bonds. The van der Waals surface area contributed by atoms with Crippen molar-refractivity contribution >= 4 is 5.82 Å². The molecule has 1 aliphatic heterocycles. The summed E-state index contributed by atoms with van der Waals surface area (Å²) in [6.07, 6.45) is 2.79. The molecule has 4 heteroatoms. The summed E-state index contributed by atoms with van der Waals surface area (Å²) in [5.41, 5.74) is 1.96. The van der Waals surface area contributed by atoms with Gasteiger partial charge in [0.25, 0.3) is 0 Å². The van der Waals surface area contributed by atoms with E-state index in [9.17, 15) is 0 Å². The van der Waals surface area contributed by atoms with E-state index in [-0.39, 0.29) is 6.61 Å². The Bertz CT molecular complexity index is 362. The lowest BCUT2D eigenvalue weighted by atomic mass is 10.1. The molecule has 0 spiro atoms. The van der Waals surface area contributed by atoms with Crippen LogP contribution in [0.25, 0.3) is 0 Å². The molecule has 1 atom stereocenters. The zero-order valence-corrected chi connectivity index (χ0v) is 9.81. The zero-order valence-electron chi connectivity index (χ0n) is 9.81. The number of aryl methyl sites for hydroxylation is 1. The van der Waals surface area contributed by atoms with Gasteiger partial charge < -0.3 is 14.7 Å². The Morgan fingerprint density at radius 1 is 1.62 bits per heavy atom. The smallest absolute Gasteiger partial charge is 0.131 e. The van der Waals surface area contributed by atoms with Crippen molar-refractivity contribution in [3.63, 3.8) is 0 Å². The van der Waals surface area contributed by atoms with Crippen LogP contribution in [0.4, 0.5) is 5.82 Å². The van der Waals surface area contributed by atoms with E-state index in [0.717, 1.165) is 36.6 Å². The van der Waals surface area contributed by atoms with Crippen LogP contribution in [-0.2, 0) is 11.3 Å². The van der Waals surface area contributed by atoms with Crippen molar-refractivity contribution in [2.75, 3.05) is 25.2 Å². The molecule has 4 nitrogen and oxygen atoms in total. The first-order valence-corrected chi connectivity index (χ1v) is 5.59. The highest BCUT2D eigenvalue weighted by atomic mass is 16.5. The van der Waals surface area contributed by atoms with Gasteiger partial charge >= 0.3 is 0 Å². The van der Waals surface area contributed by atoms with Gasteiger partial charge in [0, 0.05) is 19.9 Å². The van der Waals surface area contributed by atoms with E-state index in [1.807, 2.05) is 20.0 Å². The van der Waals surface area contributed by atoms with Crippen molar-refractivity contribution in [1.29, 1.82) is 0 Å². The van der Waals surface area contributed by atoms with Gasteiger partial charge in [0.15, 0.2) is 0 Å². The number of rotatable bonds is 3. The van der Waals surface area contributed by atoms with Crippen LogP contribution in [0.5, 0.6) is 0 Å². The number of aromatic nitrogens is 1. The molecule has 2 heterocycles. The molecular weight excluding hydrogens is 204 g/mol. The Morgan fingerprint density at radius 3 is 3.00 bits per heavy atom. The fourth-order valence-corrected chi connectivity index (χ4v) is 2.08. The quantitative estimate of drug-likeness (QED) is 0.832. The summed E-state index contributed by atoms with van der Waals surface area (Å²) in [6, 6.07) is 2.40. The second kappa shape index (κ2) is 4.80. The average molecular weight is 222 g/mol. The Balaban J connectivity index is 2.19. The van der Waals surface area contributed by atoms with Gasteiger partial charge in [0.1, 0.15) is 5.82 Å². The van der Waals surface area contributed by atoms with Crippen LogP contribution in [0.15, 0.2) is 12.3 Å². The van der Waals surface area contributed by atoms with E-state index in [1.165, 1.54) is 0 Å². The third-order valence-electron chi connectivity index (χ3n) is 3.08. The van der Waals surface area contributed by atoms with Crippen LogP contribution in [-0.4, -0.2) is 36.4 Å². The molecule has 1 saturated heterocycles. The summed E-state index contributed by atoms with van der Waals surface area (Å²) < 4.78 is 5.38. The maximum absolute atomic E-state index is 9.03. The van der Waals surface area contributed by atoms with Gasteiger partial charge in [-0.2, -0.15) is 0 Å². The third-order valence-corrected chi connectivity index (χ3v) is 3.08. The lowest BCUT2D eigenvalue weighted by molar-refractivity contribution is 0.193. The second-order valence-corrected chi connectivity index (χ2v) is 4.27. The minimum atomic E-state index is 0.0460. The Hall–Kier alpha value is -1.13. The molecule has 0 aliphatic carbocycles. The number of hydrogen-bond acceptors (Lipinski definition) is 4. The molecule has 88 valence electrons. The number of likely N-dealkylation sites (N-methyl/N-ethyl adjacent to an activating group) is 1. The first kappa shape index (κ1) is 11.4. The van der Waals surface area contributed by atoms with Crippen LogP contribution in [0.1, 0.15) is 17.5 Å². The summed E-state index contributed by atoms with van der Waals surface area (Å²) in [5.74, 6) is 0.979. The number of pyridine rings is 1. The van der Waals surface area contributed by atoms with Crippen molar-refractivity contribution in [2.45, 2.75) is 26.0 Å². The molecule has 0 radical (unpaired) electrons. The van der Waals surface area contributed by atoms with Crippen LogP contribution in [0, 0.1) is 6.92 Å². The molecule has 1 aromatic heterocycles. The molecule has 0 saturated carbocycles. The van der Waals surface area contributed by atoms with Gasteiger partial charge in [0.2, 0.25) is 0 Å². The molecular formula is C12H18N2O2. The number of aliphatic hydroxyl groups is 1. The second-order valence-electron chi connectivity index (χ2n) is 4.27. The maximum atomic E-state index is 9.03. The largest absolute Gasteiger partial charge is 0.392 e. The molecule has 0 bridgehead atoms. The summed E-state index contributed by atoms with van der Waals surface area (Å²) in [5, 5.41) is 9.03. The topological polar surface area (TPSA) is 45.6 Å². The van der Waals surface area contributed by atoms with Crippen molar-refractivity contribution in [3.05, 3.63) is 23.4 Å². The predicted molar refractivity (Wildman–Crippen MR) is 62.5 cm³/mol. The highest BCUT2D eigenvalue weighted by molar-refractivity contribution is 5.47. The molecule has 1 aliphatic rings. The molecule has 1 N–H and O–H groups in total. The lowest BCUT2D eigenvalue weighted by Crippen LogP contribution is -2.33. The van der Waals surface area contributed by atoms with Gasteiger partial charge in [0.05, 0.1) is 19.3 Å². The van der Waals surface area contributed by atoms with Gasteiger partial charge in [-0.25, -0.2) is 4.98 Å². The number of nitrogens with zero attached hydrogens (tertiary/aromatic N) is 2. The normalized spacial score (nSPS) is 20.1. The number of aliphatic hydroxyl groups excluding tert-OH is 1. The average Bonchev–Trinajstić information content (AvgIpc) is 2.81. The monoisotopic (exact) mass is 222 g/mol. The number of anilines is 1. The molecule has 1 fully saturated rings. The fraction of sp³-hybridized carbons (Fsp3) is 0.583. The van der Waals surface area contributed by atoms with Gasteiger partial charge in [-0.3, -0.25) is 0 Å². The van der Waals surface area contributed by atoms with Gasteiger partial charge in [-0.1, -0.05) is 0 Å². The van der Waals surface area contributed by atoms with Crippen molar-refractivity contribution in [2.24, 2.45) is 0 Å². The number of ether oxygens (including phenoxy) is 1. The minimum Gasteiger partial charge on any atom is -0.392 e. The highest BCUT2D eigenvalue weighted by Crippen LogP contribution is 2.22. The summed E-state index contributed by atoms with van der Waals surface area (Å²) in [7, 11) is 2.05. The van der Waals surface area contributed by atoms with E-state index >= 15 is 0 Å². The number of hydrogen-bond donors (Lipinski definition) is 1. The van der Waals surface area contributed by atoms with Crippen molar-refractivity contribution in [3.8, 4) is 0 Å². The zero-order chi connectivity index (χ0) is 11.5. The van der Waals surface area contributed by atoms with Gasteiger partial charge in [-0.05, 0) is 30.5 Å². The summed E-state index contributed by atoms with van der Waals surface area (Å²) in [6.45, 7) is 3.68. The lowest BCUT2D eigenvalue weighted by Gasteiger charge is -2.25. The molecule has 16 heavy (non-hydrogen) atoms.